The Kier molecular flexibility index (Phi) is 3.67. The highest BCUT2D eigenvalue weighted by atomic mass is 79.9. The van der Waals surface area contributed by atoms with E-state index in [9.17, 15) is 0 Å². The van der Waals surface area contributed by atoms with E-state index < -0.39 is 0 Å². The van der Waals surface area contributed by atoms with Crippen LogP contribution < -0.4 is 10.6 Å². The van der Waals surface area contributed by atoms with E-state index in [1.54, 1.807) is 0 Å². The zero-order chi connectivity index (χ0) is 13.2. The van der Waals surface area contributed by atoms with Crippen molar-refractivity contribution in [2.75, 3.05) is 17.2 Å². The summed E-state index contributed by atoms with van der Waals surface area (Å²) >= 11 is 9.43. The Bertz CT molecular complexity index is 613. The van der Waals surface area contributed by atoms with Crippen molar-refractivity contribution < 1.29 is 0 Å². The van der Waals surface area contributed by atoms with Gasteiger partial charge in [-0.25, -0.2) is 0 Å². The third-order valence-corrected chi connectivity index (χ3v) is 4.55. The molecule has 0 aliphatic carbocycles. The van der Waals surface area contributed by atoms with Crippen LogP contribution in [-0.4, -0.2) is 6.54 Å². The fraction of sp³-hybridized carbons (Fsp3) is 0.200. The van der Waals surface area contributed by atoms with E-state index in [-0.39, 0.29) is 0 Å². The first kappa shape index (κ1) is 12.8. The Morgan fingerprint density at radius 1 is 1.26 bits per heavy atom. The Balaban J connectivity index is 1.76. The summed E-state index contributed by atoms with van der Waals surface area (Å²) < 4.78 is 0.913. The number of hydrogen-bond acceptors (Lipinski definition) is 2. The molecule has 0 atom stereocenters. The summed E-state index contributed by atoms with van der Waals surface area (Å²) in [6, 6.07) is 12.4. The SMILES string of the molecule is Clc1ccc(NCc2cccc3c2NCC3)cc1Br. The number of anilines is 2. The zero-order valence-electron chi connectivity index (χ0n) is 10.3. The van der Waals surface area contributed by atoms with E-state index in [0.717, 1.165) is 34.7 Å². The minimum Gasteiger partial charge on any atom is -0.384 e. The van der Waals surface area contributed by atoms with Crippen LogP contribution in [0.1, 0.15) is 11.1 Å². The largest absolute Gasteiger partial charge is 0.384 e. The summed E-state index contributed by atoms with van der Waals surface area (Å²) in [5, 5.41) is 7.61. The number of nitrogens with one attached hydrogen (secondary N) is 2. The summed E-state index contributed by atoms with van der Waals surface area (Å²) in [6.45, 7) is 1.85. The molecule has 19 heavy (non-hydrogen) atoms. The van der Waals surface area contributed by atoms with Gasteiger partial charge in [0.2, 0.25) is 0 Å². The van der Waals surface area contributed by atoms with Gasteiger partial charge in [-0.1, -0.05) is 29.8 Å². The van der Waals surface area contributed by atoms with Crippen LogP contribution in [0, 0.1) is 0 Å². The highest BCUT2D eigenvalue weighted by Gasteiger charge is 2.13. The average molecular weight is 338 g/mol. The molecule has 3 rings (SSSR count). The Morgan fingerprint density at radius 3 is 3.00 bits per heavy atom. The molecule has 1 heterocycles. The van der Waals surface area contributed by atoms with Crippen LogP contribution in [0.4, 0.5) is 11.4 Å². The molecule has 2 aromatic carbocycles. The van der Waals surface area contributed by atoms with Crippen molar-refractivity contribution in [1.82, 2.24) is 0 Å². The molecule has 0 saturated carbocycles. The summed E-state index contributed by atoms with van der Waals surface area (Å²) in [6.07, 6.45) is 1.12. The first-order valence-corrected chi connectivity index (χ1v) is 7.45. The standard InChI is InChI=1S/C15H14BrClN2/c16-13-8-12(4-5-14(13)17)19-9-11-3-1-2-10-6-7-18-15(10)11/h1-5,8,18-19H,6-7,9H2. The number of para-hydroxylation sites is 1. The molecular weight excluding hydrogens is 324 g/mol. The number of fused-ring (bicyclic) bond motifs is 1. The third-order valence-electron chi connectivity index (χ3n) is 3.34. The van der Waals surface area contributed by atoms with Crippen molar-refractivity contribution in [2.24, 2.45) is 0 Å². The second kappa shape index (κ2) is 5.43. The number of rotatable bonds is 3. The normalized spacial score (nSPS) is 12.9. The lowest BCUT2D eigenvalue weighted by atomic mass is 10.1. The topological polar surface area (TPSA) is 24.1 Å². The summed E-state index contributed by atoms with van der Waals surface area (Å²) in [7, 11) is 0. The molecule has 2 N–H and O–H groups in total. The minimum absolute atomic E-state index is 0.729. The van der Waals surface area contributed by atoms with E-state index in [1.165, 1.54) is 16.8 Å². The first-order valence-electron chi connectivity index (χ1n) is 6.27. The van der Waals surface area contributed by atoms with E-state index in [2.05, 4.69) is 44.8 Å². The lowest BCUT2D eigenvalue weighted by Gasteiger charge is -2.11. The number of hydrogen-bond donors (Lipinski definition) is 2. The molecule has 1 aliphatic rings. The van der Waals surface area contributed by atoms with Gasteiger partial charge in [0.1, 0.15) is 0 Å². The maximum absolute atomic E-state index is 5.99. The van der Waals surface area contributed by atoms with E-state index in [0.29, 0.717) is 0 Å². The van der Waals surface area contributed by atoms with Gasteiger partial charge in [0.15, 0.2) is 0 Å². The second-order valence-corrected chi connectivity index (χ2v) is 5.87. The highest BCUT2D eigenvalue weighted by molar-refractivity contribution is 9.10. The summed E-state index contributed by atoms with van der Waals surface area (Å²) in [5.41, 5.74) is 5.08. The number of halogens is 2. The van der Waals surface area contributed by atoms with Gasteiger partial charge >= 0.3 is 0 Å². The van der Waals surface area contributed by atoms with Gasteiger partial charge in [0, 0.05) is 28.9 Å². The van der Waals surface area contributed by atoms with Crippen molar-refractivity contribution in [3.05, 3.63) is 57.0 Å². The maximum atomic E-state index is 5.99. The van der Waals surface area contributed by atoms with E-state index >= 15 is 0 Å². The lowest BCUT2D eigenvalue weighted by molar-refractivity contribution is 1.11. The molecule has 0 spiro atoms. The molecule has 4 heteroatoms. The Hall–Kier alpha value is -1.19. The second-order valence-electron chi connectivity index (χ2n) is 4.61. The van der Waals surface area contributed by atoms with Crippen molar-refractivity contribution in [3.8, 4) is 0 Å². The molecule has 2 aromatic rings. The quantitative estimate of drug-likeness (QED) is 0.849. The van der Waals surface area contributed by atoms with Gasteiger partial charge < -0.3 is 10.6 Å². The van der Waals surface area contributed by atoms with Crippen LogP contribution in [0.2, 0.25) is 5.02 Å². The summed E-state index contributed by atoms with van der Waals surface area (Å²) in [5.74, 6) is 0. The molecule has 0 amide bonds. The van der Waals surface area contributed by atoms with Gasteiger partial charge in [0.05, 0.1) is 5.02 Å². The van der Waals surface area contributed by atoms with Crippen LogP contribution in [0.25, 0.3) is 0 Å². The minimum atomic E-state index is 0.729. The lowest BCUT2D eigenvalue weighted by Crippen LogP contribution is -2.03. The Labute approximate surface area is 126 Å². The third kappa shape index (κ3) is 2.72. The van der Waals surface area contributed by atoms with Gasteiger partial charge in [-0.2, -0.15) is 0 Å². The molecule has 0 aromatic heterocycles. The van der Waals surface area contributed by atoms with Crippen LogP contribution >= 0.6 is 27.5 Å². The van der Waals surface area contributed by atoms with Crippen LogP contribution in [-0.2, 0) is 13.0 Å². The predicted octanol–water partition coefficient (Wildman–Crippen LogP) is 4.68. The van der Waals surface area contributed by atoms with Crippen molar-refractivity contribution in [3.63, 3.8) is 0 Å². The van der Waals surface area contributed by atoms with Gasteiger partial charge in [-0.15, -0.1) is 0 Å². The maximum Gasteiger partial charge on any atom is 0.0549 e. The van der Waals surface area contributed by atoms with Crippen molar-refractivity contribution >= 4 is 38.9 Å². The highest BCUT2D eigenvalue weighted by Crippen LogP contribution is 2.28. The molecule has 0 bridgehead atoms. The van der Waals surface area contributed by atoms with Crippen LogP contribution in [0.5, 0.6) is 0 Å². The van der Waals surface area contributed by atoms with Gasteiger partial charge in [0.25, 0.3) is 0 Å². The molecule has 0 unspecified atom stereocenters. The summed E-state index contributed by atoms with van der Waals surface area (Å²) in [4.78, 5) is 0. The van der Waals surface area contributed by atoms with Crippen LogP contribution in [0.15, 0.2) is 40.9 Å². The first-order chi connectivity index (χ1) is 9.24. The van der Waals surface area contributed by atoms with Crippen molar-refractivity contribution in [1.29, 1.82) is 0 Å². The molecular formula is C15H14BrClN2. The monoisotopic (exact) mass is 336 g/mol. The molecule has 0 saturated heterocycles. The fourth-order valence-electron chi connectivity index (χ4n) is 2.36. The fourth-order valence-corrected chi connectivity index (χ4v) is 2.86. The Morgan fingerprint density at radius 2 is 2.16 bits per heavy atom. The number of benzene rings is 2. The predicted molar refractivity (Wildman–Crippen MR) is 85.1 cm³/mol. The van der Waals surface area contributed by atoms with E-state index in [1.807, 2.05) is 18.2 Å². The van der Waals surface area contributed by atoms with Crippen molar-refractivity contribution in [2.45, 2.75) is 13.0 Å². The molecule has 98 valence electrons. The molecule has 2 nitrogen and oxygen atoms in total. The van der Waals surface area contributed by atoms with Gasteiger partial charge in [-0.3, -0.25) is 0 Å². The van der Waals surface area contributed by atoms with Crippen LogP contribution in [0.3, 0.4) is 0 Å². The van der Waals surface area contributed by atoms with Gasteiger partial charge in [-0.05, 0) is 51.7 Å². The molecule has 1 aliphatic heterocycles. The van der Waals surface area contributed by atoms with E-state index in [4.69, 9.17) is 11.6 Å². The zero-order valence-corrected chi connectivity index (χ0v) is 12.7. The molecule has 0 radical (unpaired) electrons. The average Bonchev–Trinajstić information content (AvgIpc) is 2.89. The molecule has 0 fully saturated rings. The smallest absolute Gasteiger partial charge is 0.0549 e.